The molecular weight excluding hydrogens is 626 g/mol. The third kappa shape index (κ3) is 4.93. The second kappa shape index (κ2) is 11.4. The summed E-state index contributed by atoms with van der Waals surface area (Å²) in [4.78, 5) is 34.5. The van der Waals surface area contributed by atoms with Crippen molar-refractivity contribution in [2.75, 3.05) is 43.2 Å². The highest BCUT2D eigenvalue weighted by molar-refractivity contribution is 7.99. The van der Waals surface area contributed by atoms with E-state index >= 15 is 13.2 Å². The zero-order chi connectivity index (χ0) is 32.4. The zero-order valence-corrected chi connectivity index (χ0v) is 26.3. The average molecular weight is 655 g/mol. The van der Waals surface area contributed by atoms with Crippen LogP contribution in [-0.2, 0) is 15.7 Å². The molecule has 0 spiro atoms. The van der Waals surface area contributed by atoms with Crippen molar-refractivity contribution in [1.82, 2.24) is 14.5 Å². The van der Waals surface area contributed by atoms with E-state index in [2.05, 4.69) is 17.6 Å². The van der Waals surface area contributed by atoms with Gasteiger partial charge in [-0.3, -0.25) is 9.36 Å². The maximum Gasteiger partial charge on any atom is 0.417 e. The van der Waals surface area contributed by atoms with Crippen molar-refractivity contribution in [3.05, 3.63) is 58.5 Å². The Bertz CT molecular complexity index is 1970. The van der Waals surface area contributed by atoms with Gasteiger partial charge in [-0.25, -0.2) is 4.79 Å². The largest absolute Gasteiger partial charge is 0.417 e. The molecule has 14 heteroatoms. The Hall–Kier alpha value is -4.06. The molecule has 0 saturated carbocycles. The van der Waals surface area contributed by atoms with E-state index < -0.39 is 23.5 Å². The number of carbonyl (C=O) groups is 1. The molecule has 45 heavy (non-hydrogen) atoms. The fourth-order valence-corrected chi connectivity index (χ4v) is 8.92. The monoisotopic (exact) mass is 654 g/mol. The fraction of sp³-hybridized carbons (Fsp3) is 0.355. The first-order valence-electron chi connectivity index (χ1n) is 14.1. The van der Waals surface area contributed by atoms with Crippen LogP contribution in [0, 0.1) is 11.3 Å². The SMILES string of the molecule is C=CC(=O)N1[C@H](C)CN(c2nc(=O)n3c4c(c(-c5cccc6sc(N)c(C#N)c56)c(C(F)(F)F)cc24)SCC3COC)C[C@@H]1C. The van der Waals surface area contributed by atoms with Crippen molar-refractivity contribution in [2.24, 2.45) is 0 Å². The van der Waals surface area contributed by atoms with Crippen molar-refractivity contribution >= 4 is 60.8 Å². The van der Waals surface area contributed by atoms with Gasteiger partial charge in [0.05, 0.1) is 29.3 Å². The summed E-state index contributed by atoms with van der Waals surface area (Å²) < 4.78 is 52.9. The molecular formula is C31H29F3N6O3S2. The van der Waals surface area contributed by atoms with Crippen LogP contribution in [0.5, 0.6) is 0 Å². The van der Waals surface area contributed by atoms with Crippen molar-refractivity contribution < 1.29 is 22.7 Å². The van der Waals surface area contributed by atoms with Crippen LogP contribution in [-0.4, -0.2) is 65.0 Å². The Morgan fingerprint density at radius 1 is 1.29 bits per heavy atom. The van der Waals surface area contributed by atoms with Gasteiger partial charge in [0.15, 0.2) is 0 Å². The lowest BCUT2D eigenvalue weighted by Gasteiger charge is -2.45. The summed E-state index contributed by atoms with van der Waals surface area (Å²) in [6.45, 7) is 7.92. The summed E-state index contributed by atoms with van der Waals surface area (Å²) in [6.07, 6.45) is -3.56. The number of thioether (sulfide) groups is 1. The topological polar surface area (TPSA) is 117 Å². The number of thiophene rings is 1. The summed E-state index contributed by atoms with van der Waals surface area (Å²) in [5.74, 6) is 0.153. The number of anilines is 2. The highest BCUT2D eigenvalue weighted by atomic mass is 32.2. The molecule has 9 nitrogen and oxygen atoms in total. The van der Waals surface area contributed by atoms with Crippen LogP contribution in [0.1, 0.15) is 31.0 Å². The minimum atomic E-state index is -4.80. The van der Waals surface area contributed by atoms with Crippen LogP contribution in [0.25, 0.3) is 32.1 Å². The summed E-state index contributed by atoms with van der Waals surface area (Å²) in [7, 11) is 1.50. The van der Waals surface area contributed by atoms with Crippen molar-refractivity contribution in [3.63, 3.8) is 0 Å². The molecule has 2 aliphatic heterocycles. The van der Waals surface area contributed by atoms with E-state index in [0.717, 1.165) is 17.4 Å². The van der Waals surface area contributed by atoms with Crippen LogP contribution in [0.3, 0.4) is 0 Å². The van der Waals surface area contributed by atoms with Gasteiger partial charge in [-0.05, 0) is 37.6 Å². The molecule has 2 aromatic heterocycles. The number of nitriles is 1. The Kier molecular flexibility index (Phi) is 7.83. The van der Waals surface area contributed by atoms with Gasteiger partial charge in [0, 0.05) is 64.0 Å². The van der Waals surface area contributed by atoms with Crippen LogP contribution in [0.4, 0.5) is 24.0 Å². The number of piperazine rings is 1. The third-order valence-corrected chi connectivity index (χ3v) is 10.6. The molecule has 4 heterocycles. The number of methoxy groups -OCH3 is 1. The number of nitrogen functional groups attached to an aromatic ring is 1. The molecule has 3 atom stereocenters. The first-order chi connectivity index (χ1) is 21.4. The Morgan fingerprint density at radius 2 is 2.00 bits per heavy atom. The predicted octanol–water partition coefficient (Wildman–Crippen LogP) is 5.66. The van der Waals surface area contributed by atoms with Gasteiger partial charge < -0.3 is 20.3 Å². The molecule has 2 aromatic carbocycles. The number of hydrogen-bond donors (Lipinski definition) is 1. The minimum Gasteiger partial charge on any atom is -0.389 e. The van der Waals surface area contributed by atoms with Gasteiger partial charge in [-0.15, -0.1) is 23.1 Å². The van der Waals surface area contributed by atoms with E-state index in [4.69, 9.17) is 10.5 Å². The lowest BCUT2D eigenvalue weighted by atomic mass is 9.92. The number of benzene rings is 2. The summed E-state index contributed by atoms with van der Waals surface area (Å²) >= 11 is 2.36. The number of halogens is 3. The van der Waals surface area contributed by atoms with Gasteiger partial charge >= 0.3 is 11.9 Å². The highest BCUT2D eigenvalue weighted by Crippen LogP contribution is 2.52. The summed E-state index contributed by atoms with van der Waals surface area (Å²) in [5, 5.41) is 10.7. The number of fused-ring (bicyclic) bond motifs is 1. The Balaban J connectivity index is 1.70. The molecule has 1 unspecified atom stereocenters. The maximum absolute atomic E-state index is 15.2. The standard InChI is InChI=1S/C31H29F3N6O3S2/c1-5-23(41)39-15(2)11-38(12-16(39)3)29-19-9-21(31(32,33)34)25(18-7-6-8-22-24(18)20(10-35)28(36)45-22)27-26(19)40(30(42)37-29)17(13-43-4)14-44-27/h5-9,15-17H,1,11-14,36H2,2-4H3/t15-,16+,17?. The lowest BCUT2D eigenvalue weighted by Crippen LogP contribution is -2.58. The number of aromatic nitrogens is 2. The Labute approximate surface area is 264 Å². The second-order valence-electron chi connectivity index (χ2n) is 11.2. The summed E-state index contributed by atoms with van der Waals surface area (Å²) in [5.41, 5.74) is 5.18. The average Bonchev–Trinajstić information content (AvgIpc) is 3.32. The number of amides is 1. The first kappa shape index (κ1) is 30.9. The van der Waals surface area contributed by atoms with Crippen molar-refractivity contribution in [2.45, 2.75) is 43.0 Å². The molecule has 234 valence electrons. The molecule has 2 N–H and O–H groups in total. The molecule has 1 fully saturated rings. The zero-order valence-electron chi connectivity index (χ0n) is 24.6. The van der Waals surface area contributed by atoms with E-state index in [-0.39, 0.29) is 81.2 Å². The number of rotatable bonds is 5. The van der Waals surface area contributed by atoms with Crippen molar-refractivity contribution in [3.8, 4) is 17.2 Å². The van der Waals surface area contributed by atoms with Crippen molar-refractivity contribution in [1.29, 1.82) is 5.26 Å². The second-order valence-corrected chi connectivity index (χ2v) is 13.3. The van der Waals surface area contributed by atoms with Gasteiger partial charge in [-0.1, -0.05) is 18.7 Å². The smallest absolute Gasteiger partial charge is 0.389 e. The first-order valence-corrected chi connectivity index (χ1v) is 15.9. The van der Waals surface area contributed by atoms with Crippen LogP contribution < -0.4 is 16.3 Å². The third-order valence-electron chi connectivity index (χ3n) is 8.37. The van der Waals surface area contributed by atoms with Gasteiger partial charge in [0.2, 0.25) is 5.91 Å². The molecule has 0 radical (unpaired) electrons. The number of nitrogens with two attached hydrogens (primary N) is 1. The molecule has 0 aliphatic carbocycles. The van der Waals surface area contributed by atoms with Crippen LogP contribution >= 0.6 is 23.1 Å². The molecule has 1 amide bonds. The number of hydrogen-bond acceptors (Lipinski definition) is 9. The predicted molar refractivity (Wildman–Crippen MR) is 171 cm³/mol. The highest BCUT2D eigenvalue weighted by Gasteiger charge is 2.41. The van der Waals surface area contributed by atoms with Gasteiger partial charge in [0.1, 0.15) is 16.9 Å². The number of nitrogens with zero attached hydrogens (tertiary/aromatic N) is 5. The molecule has 0 bridgehead atoms. The van der Waals surface area contributed by atoms with E-state index in [0.29, 0.717) is 15.6 Å². The van der Waals surface area contributed by atoms with Gasteiger partial charge in [0.25, 0.3) is 0 Å². The summed E-state index contributed by atoms with van der Waals surface area (Å²) in [6, 6.07) is 6.94. The molecule has 2 aliphatic rings. The van der Waals surface area contributed by atoms with Gasteiger partial charge in [-0.2, -0.15) is 23.4 Å². The quantitative estimate of drug-likeness (QED) is 0.274. The number of alkyl halides is 3. The molecule has 1 saturated heterocycles. The number of ether oxygens (including phenoxy) is 1. The van der Waals surface area contributed by atoms with E-state index in [1.54, 1.807) is 28.0 Å². The van der Waals surface area contributed by atoms with Crippen LogP contribution in [0.15, 0.2) is 46.6 Å². The fourth-order valence-electron chi connectivity index (χ4n) is 6.66. The van der Waals surface area contributed by atoms with E-state index in [1.165, 1.54) is 29.5 Å². The molecule has 6 rings (SSSR count). The van der Waals surface area contributed by atoms with Crippen LogP contribution in [0.2, 0.25) is 0 Å². The normalized spacial score (nSPS) is 20.1. The molecule has 4 aromatic rings. The van der Waals surface area contributed by atoms with E-state index in [1.807, 2.05) is 13.8 Å². The lowest BCUT2D eigenvalue weighted by molar-refractivity contribution is -0.137. The Morgan fingerprint density at radius 3 is 2.62 bits per heavy atom. The number of carbonyl (C=O) groups excluding carboxylic acids is 1. The maximum atomic E-state index is 15.2. The minimum absolute atomic E-state index is 0.107. The van der Waals surface area contributed by atoms with E-state index in [9.17, 15) is 14.9 Å².